The zero-order valence-corrected chi connectivity index (χ0v) is 15.2. The van der Waals surface area contributed by atoms with E-state index < -0.39 is 17.7 Å². The van der Waals surface area contributed by atoms with Crippen LogP contribution in [-0.2, 0) is 9.59 Å². The lowest BCUT2D eigenvalue weighted by atomic mass is 9.91. The molecule has 2 aromatic rings. The van der Waals surface area contributed by atoms with Gasteiger partial charge in [-0.05, 0) is 18.4 Å². The highest BCUT2D eigenvalue weighted by atomic mass is 16.3. The maximum Gasteiger partial charge on any atom is 0.295 e. The molecule has 2 aromatic carbocycles. The van der Waals surface area contributed by atoms with Gasteiger partial charge in [-0.15, -0.1) is 0 Å². The van der Waals surface area contributed by atoms with Crippen LogP contribution < -0.4 is 0 Å². The van der Waals surface area contributed by atoms with Gasteiger partial charge in [0.2, 0.25) is 0 Å². The number of likely N-dealkylation sites (tertiary alicyclic amines) is 1. The number of ketones is 1. The molecule has 0 spiro atoms. The van der Waals surface area contributed by atoms with E-state index in [0.717, 1.165) is 31.2 Å². The molecular formula is C23H23NO3. The number of hydrogen-bond acceptors (Lipinski definition) is 3. The van der Waals surface area contributed by atoms with Crippen molar-refractivity contribution in [2.75, 3.05) is 0 Å². The first-order chi connectivity index (χ1) is 13.2. The fourth-order valence-corrected chi connectivity index (χ4v) is 4.30. The molecule has 4 nitrogen and oxygen atoms in total. The Balaban J connectivity index is 1.86. The van der Waals surface area contributed by atoms with Crippen molar-refractivity contribution in [3.8, 4) is 0 Å². The normalized spacial score (nSPS) is 23.0. The summed E-state index contributed by atoms with van der Waals surface area (Å²) in [5.74, 6) is -1.18. The second-order valence-corrected chi connectivity index (χ2v) is 7.27. The van der Waals surface area contributed by atoms with E-state index in [0.29, 0.717) is 5.56 Å². The average molecular weight is 361 g/mol. The van der Waals surface area contributed by atoms with Crippen molar-refractivity contribution in [1.29, 1.82) is 0 Å². The smallest absolute Gasteiger partial charge is 0.295 e. The van der Waals surface area contributed by atoms with Gasteiger partial charge in [-0.2, -0.15) is 0 Å². The molecule has 1 aliphatic carbocycles. The highest BCUT2D eigenvalue weighted by Crippen LogP contribution is 2.42. The minimum atomic E-state index is -0.587. The van der Waals surface area contributed by atoms with Crippen molar-refractivity contribution in [2.24, 2.45) is 0 Å². The Labute approximate surface area is 159 Å². The third-order valence-electron chi connectivity index (χ3n) is 5.61. The first-order valence-electron chi connectivity index (χ1n) is 9.59. The van der Waals surface area contributed by atoms with Crippen LogP contribution in [0.25, 0.3) is 5.76 Å². The number of nitrogens with zero attached hydrogens (tertiary/aromatic N) is 1. The summed E-state index contributed by atoms with van der Waals surface area (Å²) in [5.41, 5.74) is 1.61. The molecule has 2 aliphatic rings. The van der Waals surface area contributed by atoms with Crippen molar-refractivity contribution >= 4 is 17.4 Å². The fraction of sp³-hybridized carbons (Fsp3) is 0.304. The number of carbonyl (C=O) groups excluding carboxylic acids is 2. The molecule has 1 amide bonds. The molecule has 1 unspecified atom stereocenters. The quantitative estimate of drug-likeness (QED) is 0.499. The van der Waals surface area contributed by atoms with Gasteiger partial charge in [-0.3, -0.25) is 9.59 Å². The van der Waals surface area contributed by atoms with Crippen molar-refractivity contribution in [2.45, 2.75) is 44.2 Å². The van der Waals surface area contributed by atoms with Gasteiger partial charge in [0.1, 0.15) is 5.76 Å². The van der Waals surface area contributed by atoms with Crippen LogP contribution in [0.2, 0.25) is 0 Å². The molecule has 1 aliphatic heterocycles. The van der Waals surface area contributed by atoms with Crippen LogP contribution in [0.1, 0.15) is 49.3 Å². The monoisotopic (exact) mass is 361 g/mol. The fourth-order valence-electron chi connectivity index (χ4n) is 4.30. The average Bonchev–Trinajstić information content (AvgIpc) is 3.00. The van der Waals surface area contributed by atoms with Crippen LogP contribution in [0.5, 0.6) is 0 Å². The number of aliphatic hydroxyl groups is 1. The zero-order chi connectivity index (χ0) is 18.8. The zero-order valence-electron chi connectivity index (χ0n) is 15.2. The van der Waals surface area contributed by atoms with Gasteiger partial charge in [0.25, 0.3) is 11.7 Å². The summed E-state index contributed by atoms with van der Waals surface area (Å²) in [4.78, 5) is 27.6. The SMILES string of the molecule is O=C1C(=O)N(C2CCCCC2)C(c2ccccc2)/C1=C(/O)c1ccccc1. The van der Waals surface area contributed by atoms with Crippen molar-refractivity contribution in [3.05, 3.63) is 77.4 Å². The van der Waals surface area contributed by atoms with Crippen LogP contribution in [0.4, 0.5) is 0 Å². The molecule has 138 valence electrons. The molecule has 0 aromatic heterocycles. The van der Waals surface area contributed by atoms with E-state index in [4.69, 9.17) is 0 Å². The maximum atomic E-state index is 13.0. The Morgan fingerprint density at radius 1 is 0.852 bits per heavy atom. The second-order valence-electron chi connectivity index (χ2n) is 7.27. The molecule has 2 fully saturated rings. The van der Waals surface area contributed by atoms with E-state index in [1.165, 1.54) is 6.42 Å². The molecule has 1 atom stereocenters. The molecule has 1 heterocycles. The van der Waals surface area contributed by atoms with Crippen LogP contribution in [-0.4, -0.2) is 27.7 Å². The highest BCUT2D eigenvalue weighted by Gasteiger charge is 2.48. The van der Waals surface area contributed by atoms with Crippen molar-refractivity contribution in [3.63, 3.8) is 0 Å². The molecule has 0 bridgehead atoms. The minimum Gasteiger partial charge on any atom is -0.507 e. The first kappa shape index (κ1) is 17.5. The van der Waals surface area contributed by atoms with Crippen LogP contribution >= 0.6 is 0 Å². The van der Waals surface area contributed by atoms with E-state index in [-0.39, 0.29) is 17.4 Å². The number of amides is 1. The van der Waals surface area contributed by atoms with Gasteiger partial charge >= 0.3 is 0 Å². The Hall–Kier alpha value is -2.88. The van der Waals surface area contributed by atoms with Gasteiger partial charge in [-0.25, -0.2) is 0 Å². The number of rotatable bonds is 3. The summed E-state index contributed by atoms with van der Waals surface area (Å²) in [6.07, 6.45) is 5.10. The minimum absolute atomic E-state index is 0.0430. The van der Waals surface area contributed by atoms with Gasteiger partial charge in [0, 0.05) is 11.6 Å². The van der Waals surface area contributed by atoms with Gasteiger partial charge in [-0.1, -0.05) is 79.9 Å². The Morgan fingerprint density at radius 3 is 2.07 bits per heavy atom. The Morgan fingerprint density at radius 2 is 1.44 bits per heavy atom. The van der Waals surface area contributed by atoms with Crippen molar-refractivity contribution in [1.82, 2.24) is 4.90 Å². The summed E-state index contributed by atoms with van der Waals surface area (Å²) in [7, 11) is 0. The molecule has 27 heavy (non-hydrogen) atoms. The largest absolute Gasteiger partial charge is 0.507 e. The first-order valence-corrected chi connectivity index (χ1v) is 9.59. The number of aliphatic hydroxyl groups excluding tert-OH is 1. The molecule has 1 N–H and O–H groups in total. The Bertz CT molecular complexity index is 867. The summed E-state index contributed by atoms with van der Waals surface area (Å²) in [5, 5.41) is 10.9. The molecule has 0 radical (unpaired) electrons. The predicted octanol–water partition coefficient (Wildman–Crippen LogP) is 4.44. The second kappa shape index (κ2) is 7.39. The summed E-state index contributed by atoms with van der Waals surface area (Å²) in [6, 6.07) is 18.0. The standard InChI is InChI=1S/C23H23NO3/c25-21(17-12-6-2-7-13-17)19-20(16-10-4-1-5-11-16)24(23(27)22(19)26)18-14-8-3-9-15-18/h1-2,4-7,10-13,18,20,25H,3,8-9,14-15H2/b21-19-. The number of carbonyl (C=O) groups is 2. The third kappa shape index (κ3) is 3.16. The van der Waals surface area contributed by atoms with Crippen LogP contribution in [0.15, 0.2) is 66.2 Å². The molecule has 4 heteroatoms. The lowest BCUT2D eigenvalue weighted by Crippen LogP contribution is -2.40. The molecule has 1 saturated heterocycles. The van der Waals surface area contributed by atoms with Gasteiger partial charge in [0.15, 0.2) is 0 Å². The lowest BCUT2D eigenvalue weighted by Gasteiger charge is -2.35. The van der Waals surface area contributed by atoms with Crippen LogP contribution in [0, 0.1) is 0 Å². The van der Waals surface area contributed by atoms with E-state index in [9.17, 15) is 14.7 Å². The topological polar surface area (TPSA) is 57.6 Å². The van der Waals surface area contributed by atoms with Crippen LogP contribution in [0.3, 0.4) is 0 Å². The predicted molar refractivity (Wildman–Crippen MR) is 104 cm³/mol. The summed E-state index contributed by atoms with van der Waals surface area (Å²) in [6.45, 7) is 0. The Kier molecular flexibility index (Phi) is 4.80. The van der Waals surface area contributed by atoms with Gasteiger partial charge in [0.05, 0.1) is 11.6 Å². The molecular weight excluding hydrogens is 338 g/mol. The van der Waals surface area contributed by atoms with E-state index in [2.05, 4.69) is 0 Å². The maximum absolute atomic E-state index is 13.0. The van der Waals surface area contributed by atoms with E-state index in [1.54, 1.807) is 17.0 Å². The highest BCUT2D eigenvalue weighted by molar-refractivity contribution is 6.46. The van der Waals surface area contributed by atoms with E-state index in [1.807, 2.05) is 48.5 Å². The summed E-state index contributed by atoms with van der Waals surface area (Å²) >= 11 is 0. The van der Waals surface area contributed by atoms with Gasteiger partial charge < -0.3 is 10.0 Å². The van der Waals surface area contributed by atoms with E-state index >= 15 is 0 Å². The number of Topliss-reactive ketones (excluding diaryl/α,β-unsaturated/α-hetero) is 1. The number of benzene rings is 2. The van der Waals surface area contributed by atoms with Crippen molar-refractivity contribution < 1.29 is 14.7 Å². The lowest BCUT2D eigenvalue weighted by molar-refractivity contribution is -0.141. The third-order valence-corrected chi connectivity index (χ3v) is 5.61. The number of hydrogen-bond donors (Lipinski definition) is 1. The summed E-state index contributed by atoms with van der Waals surface area (Å²) < 4.78 is 0. The molecule has 4 rings (SSSR count). The molecule has 1 saturated carbocycles.